The molecule has 1 atom stereocenters. The first-order valence-electron chi connectivity index (χ1n) is 7.94. The molecule has 1 fully saturated rings. The molecule has 0 radical (unpaired) electrons. The van der Waals surface area contributed by atoms with Crippen LogP contribution in [-0.2, 0) is 27.3 Å². The third kappa shape index (κ3) is 3.15. The van der Waals surface area contributed by atoms with Crippen LogP contribution < -0.4 is 5.32 Å². The number of rotatable bonds is 4. The monoisotopic (exact) mass is 330 g/mol. The lowest BCUT2D eigenvalue weighted by Gasteiger charge is -2.24. The maximum absolute atomic E-state index is 12.6. The smallest absolute Gasteiger partial charge is 0.303 e. The minimum atomic E-state index is -0.868. The van der Waals surface area contributed by atoms with E-state index in [-0.39, 0.29) is 24.7 Å². The first kappa shape index (κ1) is 16.2. The lowest BCUT2D eigenvalue weighted by atomic mass is 10.0. The predicted molar refractivity (Wildman–Crippen MR) is 83.1 cm³/mol. The van der Waals surface area contributed by atoms with Gasteiger partial charge in [0.15, 0.2) is 0 Å². The number of aliphatic carboxylic acids is 1. The highest BCUT2D eigenvalue weighted by molar-refractivity contribution is 6.04. The molecule has 2 heterocycles. The standard InChI is InChI=1S/C17H18N2O5/c20-14-3-1-2-13(16(23)18-14)19-9-11-8-10(5-7-15(21)22)4-6-12(11)17(19)24/h4,6,8,13H,1-3,5,7,9H2,(H,21,22)(H,18,20,23)/t13-/m0/s1. The van der Waals surface area contributed by atoms with Gasteiger partial charge in [-0.3, -0.25) is 24.5 Å². The molecule has 24 heavy (non-hydrogen) atoms. The summed E-state index contributed by atoms with van der Waals surface area (Å²) in [5.74, 6) is -1.82. The average Bonchev–Trinajstić information content (AvgIpc) is 2.75. The van der Waals surface area contributed by atoms with Crippen LogP contribution >= 0.6 is 0 Å². The molecule has 2 aliphatic heterocycles. The van der Waals surface area contributed by atoms with Gasteiger partial charge < -0.3 is 10.0 Å². The minimum absolute atomic E-state index is 0.0313. The molecule has 7 heteroatoms. The summed E-state index contributed by atoms with van der Waals surface area (Å²) >= 11 is 0. The summed E-state index contributed by atoms with van der Waals surface area (Å²) in [5, 5.41) is 11.1. The van der Waals surface area contributed by atoms with Gasteiger partial charge in [0.25, 0.3) is 5.91 Å². The second-order valence-electron chi connectivity index (χ2n) is 6.14. The lowest BCUT2D eigenvalue weighted by Crippen LogP contribution is -2.46. The zero-order chi connectivity index (χ0) is 17.3. The number of amides is 3. The largest absolute Gasteiger partial charge is 0.481 e. The van der Waals surface area contributed by atoms with Gasteiger partial charge in [0.05, 0.1) is 0 Å². The van der Waals surface area contributed by atoms with Crippen LogP contribution in [0, 0.1) is 0 Å². The van der Waals surface area contributed by atoms with E-state index in [1.807, 2.05) is 6.07 Å². The molecule has 1 saturated heterocycles. The van der Waals surface area contributed by atoms with Gasteiger partial charge in [0.1, 0.15) is 6.04 Å². The molecule has 3 amide bonds. The maximum atomic E-state index is 12.6. The molecule has 2 N–H and O–H groups in total. The lowest BCUT2D eigenvalue weighted by molar-refractivity contribution is -0.137. The van der Waals surface area contributed by atoms with E-state index in [2.05, 4.69) is 5.32 Å². The Kier molecular flexibility index (Phi) is 4.33. The Balaban J connectivity index is 1.78. The number of nitrogens with zero attached hydrogens (tertiary/aromatic N) is 1. The number of nitrogens with one attached hydrogen (secondary N) is 1. The van der Waals surface area contributed by atoms with Gasteiger partial charge in [0.2, 0.25) is 11.8 Å². The number of benzene rings is 1. The molecule has 0 bridgehead atoms. The Morgan fingerprint density at radius 1 is 1.29 bits per heavy atom. The summed E-state index contributed by atoms with van der Waals surface area (Å²) in [6.45, 7) is 0.307. The quantitative estimate of drug-likeness (QED) is 0.797. The number of fused-ring (bicyclic) bond motifs is 1. The van der Waals surface area contributed by atoms with Crippen molar-refractivity contribution < 1.29 is 24.3 Å². The molecule has 126 valence electrons. The number of imide groups is 1. The molecule has 0 saturated carbocycles. The van der Waals surface area contributed by atoms with E-state index in [9.17, 15) is 19.2 Å². The van der Waals surface area contributed by atoms with Crippen molar-refractivity contribution in [3.05, 3.63) is 34.9 Å². The minimum Gasteiger partial charge on any atom is -0.481 e. The van der Waals surface area contributed by atoms with E-state index >= 15 is 0 Å². The second kappa shape index (κ2) is 6.43. The van der Waals surface area contributed by atoms with Crippen molar-refractivity contribution in [1.82, 2.24) is 10.2 Å². The van der Waals surface area contributed by atoms with Crippen LogP contribution in [0.1, 0.15) is 47.2 Å². The molecule has 0 spiro atoms. The Labute approximate surface area is 138 Å². The van der Waals surface area contributed by atoms with Crippen molar-refractivity contribution in [1.29, 1.82) is 0 Å². The SMILES string of the molecule is O=C(O)CCc1ccc2c(c1)CN([C@H]1CCCC(=O)NC1=O)C2=O. The van der Waals surface area contributed by atoms with E-state index in [4.69, 9.17) is 5.11 Å². The fourth-order valence-corrected chi connectivity index (χ4v) is 3.22. The number of carboxylic acids is 1. The molecule has 1 aromatic rings. The number of carbonyl (C=O) groups is 4. The highest BCUT2D eigenvalue weighted by Crippen LogP contribution is 2.28. The third-order valence-corrected chi connectivity index (χ3v) is 4.45. The predicted octanol–water partition coefficient (Wildman–Crippen LogP) is 0.855. The highest BCUT2D eigenvalue weighted by atomic mass is 16.4. The van der Waals surface area contributed by atoms with Crippen molar-refractivity contribution in [2.24, 2.45) is 0 Å². The van der Waals surface area contributed by atoms with Crippen LogP contribution in [0.3, 0.4) is 0 Å². The van der Waals surface area contributed by atoms with Gasteiger partial charge in [-0.25, -0.2) is 0 Å². The van der Waals surface area contributed by atoms with E-state index in [1.165, 1.54) is 4.90 Å². The van der Waals surface area contributed by atoms with Crippen LogP contribution in [0.5, 0.6) is 0 Å². The Morgan fingerprint density at radius 3 is 2.83 bits per heavy atom. The molecule has 3 rings (SSSR count). The Morgan fingerprint density at radius 2 is 2.08 bits per heavy atom. The van der Waals surface area contributed by atoms with Crippen LogP contribution in [0.2, 0.25) is 0 Å². The topological polar surface area (TPSA) is 104 Å². The molecule has 7 nitrogen and oxygen atoms in total. The molecular weight excluding hydrogens is 312 g/mol. The number of hydrogen-bond acceptors (Lipinski definition) is 4. The van der Waals surface area contributed by atoms with Crippen LogP contribution in [0.25, 0.3) is 0 Å². The average molecular weight is 330 g/mol. The Hall–Kier alpha value is -2.70. The summed E-state index contributed by atoms with van der Waals surface area (Å²) in [6.07, 6.45) is 1.74. The van der Waals surface area contributed by atoms with Crippen LogP contribution in [0.4, 0.5) is 0 Å². The van der Waals surface area contributed by atoms with Gasteiger partial charge in [-0.1, -0.05) is 12.1 Å². The highest BCUT2D eigenvalue weighted by Gasteiger charge is 2.37. The van der Waals surface area contributed by atoms with Crippen molar-refractivity contribution in [3.63, 3.8) is 0 Å². The van der Waals surface area contributed by atoms with Crippen LogP contribution in [-0.4, -0.2) is 39.7 Å². The maximum Gasteiger partial charge on any atom is 0.303 e. The summed E-state index contributed by atoms with van der Waals surface area (Å²) in [6, 6.07) is 4.63. The number of aryl methyl sites for hydroxylation is 1. The summed E-state index contributed by atoms with van der Waals surface area (Å²) in [7, 11) is 0. The van der Waals surface area contributed by atoms with Crippen molar-refractivity contribution in [2.45, 2.75) is 44.7 Å². The van der Waals surface area contributed by atoms with E-state index in [0.29, 0.717) is 31.4 Å². The van der Waals surface area contributed by atoms with Crippen LogP contribution in [0.15, 0.2) is 18.2 Å². The van der Waals surface area contributed by atoms with Crippen molar-refractivity contribution in [3.8, 4) is 0 Å². The van der Waals surface area contributed by atoms with Gasteiger partial charge in [-0.05, 0) is 36.5 Å². The zero-order valence-electron chi connectivity index (χ0n) is 13.1. The molecule has 0 unspecified atom stereocenters. The first-order chi connectivity index (χ1) is 11.5. The normalized spacial score (nSPS) is 20.6. The molecule has 1 aromatic carbocycles. The van der Waals surface area contributed by atoms with Crippen molar-refractivity contribution >= 4 is 23.7 Å². The molecule has 0 aromatic heterocycles. The number of carbonyl (C=O) groups excluding carboxylic acids is 3. The van der Waals surface area contributed by atoms with Gasteiger partial charge in [-0.2, -0.15) is 0 Å². The molecular formula is C17H18N2O5. The number of carboxylic acid groups (broad SMARTS) is 1. The van der Waals surface area contributed by atoms with E-state index in [0.717, 1.165) is 11.1 Å². The van der Waals surface area contributed by atoms with Crippen molar-refractivity contribution in [2.75, 3.05) is 0 Å². The fraction of sp³-hybridized carbons (Fsp3) is 0.412. The van der Waals surface area contributed by atoms with Gasteiger partial charge in [-0.15, -0.1) is 0 Å². The third-order valence-electron chi connectivity index (χ3n) is 4.45. The van der Waals surface area contributed by atoms with Gasteiger partial charge in [0, 0.05) is 24.9 Å². The number of hydrogen-bond donors (Lipinski definition) is 2. The molecule has 0 aliphatic carbocycles. The first-order valence-corrected chi connectivity index (χ1v) is 7.94. The molecule has 2 aliphatic rings. The Bertz CT molecular complexity index is 728. The summed E-state index contributed by atoms with van der Waals surface area (Å²) in [4.78, 5) is 48.4. The zero-order valence-corrected chi connectivity index (χ0v) is 13.1. The van der Waals surface area contributed by atoms with E-state index < -0.39 is 17.9 Å². The summed E-state index contributed by atoms with van der Waals surface area (Å²) < 4.78 is 0. The fourth-order valence-electron chi connectivity index (χ4n) is 3.22. The second-order valence-corrected chi connectivity index (χ2v) is 6.14. The van der Waals surface area contributed by atoms with E-state index in [1.54, 1.807) is 12.1 Å². The van der Waals surface area contributed by atoms with Gasteiger partial charge >= 0.3 is 5.97 Å². The summed E-state index contributed by atoms with van der Waals surface area (Å²) in [5.41, 5.74) is 2.19.